The van der Waals surface area contributed by atoms with Crippen molar-refractivity contribution in [1.82, 2.24) is 15.2 Å². The average Bonchev–Trinajstić information content (AvgIpc) is 2.80. The van der Waals surface area contributed by atoms with Crippen molar-refractivity contribution in [2.24, 2.45) is 5.10 Å². The number of nitrogens with zero attached hydrogens (tertiary/aromatic N) is 3. The molecule has 0 aromatic heterocycles. The summed E-state index contributed by atoms with van der Waals surface area (Å²) in [6.07, 6.45) is 1.54. The molecule has 0 spiro atoms. The molecule has 1 aliphatic rings. The molecule has 1 aliphatic heterocycles. The fourth-order valence-electron chi connectivity index (χ4n) is 3.59. The van der Waals surface area contributed by atoms with Crippen molar-refractivity contribution in [3.63, 3.8) is 0 Å². The van der Waals surface area contributed by atoms with E-state index in [1.54, 1.807) is 33.5 Å². The largest absolute Gasteiger partial charge is 0.493 e. The topological polar surface area (TPSA) is 75.6 Å². The van der Waals surface area contributed by atoms with Gasteiger partial charge in [-0.25, -0.2) is 5.43 Å². The van der Waals surface area contributed by atoms with Crippen LogP contribution in [0.1, 0.15) is 11.1 Å². The summed E-state index contributed by atoms with van der Waals surface area (Å²) in [6.45, 7) is 4.85. The van der Waals surface area contributed by atoms with Crippen molar-refractivity contribution in [2.75, 3.05) is 54.1 Å². The Hall–Kier alpha value is -3.10. The molecular weight excluding hydrogens is 396 g/mol. The first-order chi connectivity index (χ1) is 15.1. The zero-order valence-electron chi connectivity index (χ0n) is 18.3. The Morgan fingerprint density at radius 3 is 2.26 bits per heavy atom. The fourth-order valence-corrected chi connectivity index (χ4v) is 3.59. The third-order valence-electron chi connectivity index (χ3n) is 5.21. The second-order valence-corrected chi connectivity index (χ2v) is 7.25. The molecule has 2 aromatic carbocycles. The van der Waals surface area contributed by atoms with Crippen LogP contribution >= 0.6 is 0 Å². The van der Waals surface area contributed by atoms with Crippen LogP contribution in [0.4, 0.5) is 0 Å². The smallest absolute Gasteiger partial charge is 0.254 e. The van der Waals surface area contributed by atoms with Gasteiger partial charge in [0.2, 0.25) is 5.75 Å². The van der Waals surface area contributed by atoms with Crippen molar-refractivity contribution in [3.8, 4) is 17.2 Å². The van der Waals surface area contributed by atoms with Crippen molar-refractivity contribution in [2.45, 2.75) is 6.54 Å². The monoisotopic (exact) mass is 426 g/mol. The van der Waals surface area contributed by atoms with Crippen molar-refractivity contribution in [1.29, 1.82) is 0 Å². The maximum absolute atomic E-state index is 12.3. The van der Waals surface area contributed by atoms with E-state index < -0.39 is 0 Å². The number of carbonyl (C=O) groups excluding carboxylic acids is 1. The SMILES string of the molecule is COc1ccc(C=NNC(=O)CN2CCN(Cc3ccccc3)CC2)c(OC)c1OC. The Morgan fingerprint density at radius 1 is 0.935 bits per heavy atom. The number of carbonyl (C=O) groups is 1. The standard InChI is InChI=1S/C23H30N4O4/c1-29-20-10-9-19(22(30-2)23(20)31-3)15-24-25-21(28)17-27-13-11-26(12-14-27)16-18-7-5-4-6-8-18/h4-10,15H,11-14,16-17H2,1-3H3,(H,25,28). The van der Waals surface area contributed by atoms with Gasteiger partial charge in [-0.05, 0) is 17.7 Å². The molecule has 1 heterocycles. The highest BCUT2D eigenvalue weighted by Crippen LogP contribution is 2.38. The predicted octanol–water partition coefficient (Wildman–Crippen LogP) is 1.98. The van der Waals surface area contributed by atoms with E-state index in [1.807, 2.05) is 6.07 Å². The maximum atomic E-state index is 12.3. The minimum Gasteiger partial charge on any atom is -0.493 e. The minimum absolute atomic E-state index is 0.146. The summed E-state index contributed by atoms with van der Waals surface area (Å²) in [5, 5.41) is 4.08. The highest BCUT2D eigenvalue weighted by molar-refractivity contribution is 5.87. The first-order valence-corrected chi connectivity index (χ1v) is 10.2. The lowest BCUT2D eigenvalue weighted by Gasteiger charge is -2.34. The van der Waals surface area contributed by atoms with Gasteiger partial charge in [0, 0.05) is 38.3 Å². The Bertz CT molecular complexity index is 881. The van der Waals surface area contributed by atoms with Gasteiger partial charge in [-0.3, -0.25) is 14.6 Å². The summed E-state index contributed by atoms with van der Waals surface area (Å²) in [7, 11) is 4.65. The molecule has 0 bridgehead atoms. The number of amides is 1. The highest BCUT2D eigenvalue weighted by atomic mass is 16.5. The van der Waals surface area contributed by atoms with E-state index in [9.17, 15) is 4.79 Å². The fraction of sp³-hybridized carbons (Fsp3) is 0.391. The Labute approximate surface area is 183 Å². The number of nitrogens with one attached hydrogen (secondary N) is 1. The van der Waals surface area contributed by atoms with Gasteiger partial charge in [0.05, 0.1) is 34.1 Å². The van der Waals surface area contributed by atoms with Crippen LogP contribution in [0.15, 0.2) is 47.6 Å². The molecule has 0 unspecified atom stereocenters. The van der Waals surface area contributed by atoms with Crippen molar-refractivity contribution >= 4 is 12.1 Å². The molecule has 1 N–H and O–H groups in total. The molecule has 31 heavy (non-hydrogen) atoms. The quantitative estimate of drug-likeness (QED) is 0.488. The Balaban J connectivity index is 1.47. The van der Waals surface area contributed by atoms with Crippen LogP contribution in [0.25, 0.3) is 0 Å². The third kappa shape index (κ3) is 6.19. The normalized spacial score (nSPS) is 15.1. The van der Waals surface area contributed by atoms with Gasteiger partial charge >= 0.3 is 0 Å². The second kappa shape index (κ2) is 11.3. The maximum Gasteiger partial charge on any atom is 0.254 e. The van der Waals surface area contributed by atoms with Crippen LogP contribution in [0.2, 0.25) is 0 Å². The summed E-state index contributed by atoms with van der Waals surface area (Å²) in [5.41, 5.74) is 4.58. The molecule has 0 saturated carbocycles. The van der Waals surface area contributed by atoms with E-state index in [4.69, 9.17) is 14.2 Å². The van der Waals surface area contributed by atoms with Gasteiger partial charge in [-0.2, -0.15) is 5.10 Å². The Kier molecular flexibility index (Phi) is 8.26. The first kappa shape index (κ1) is 22.6. The average molecular weight is 427 g/mol. The van der Waals surface area contributed by atoms with E-state index in [1.165, 1.54) is 11.8 Å². The summed E-state index contributed by atoms with van der Waals surface area (Å²) < 4.78 is 16.1. The van der Waals surface area contributed by atoms with E-state index >= 15 is 0 Å². The lowest BCUT2D eigenvalue weighted by molar-refractivity contribution is -0.122. The van der Waals surface area contributed by atoms with Crippen molar-refractivity contribution in [3.05, 3.63) is 53.6 Å². The lowest BCUT2D eigenvalue weighted by atomic mass is 10.2. The van der Waals surface area contributed by atoms with Crippen molar-refractivity contribution < 1.29 is 19.0 Å². The molecule has 166 valence electrons. The molecule has 8 nitrogen and oxygen atoms in total. The van der Waals surface area contributed by atoms with E-state index in [-0.39, 0.29) is 5.91 Å². The van der Waals surface area contributed by atoms with Crippen LogP contribution in [0.5, 0.6) is 17.2 Å². The van der Waals surface area contributed by atoms with Crippen LogP contribution in [-0.4, -0.2) is 76.0 Å². The number of hydrazone groups is 1. The molecule has 0 aliphatic carbocycles. The van der Waals surface area contributed by atoms with Gasteiger partial charge in [0.25, 0.3) is 5.91 Å². The summed E-state index contributed by atoms with van der Waals surface area (Å²) in [6, 6.07) is 14.0. The van der Waals surface area contributed by atoms with Gasteiger partial charge in [-0.1, -0.05) is 30.3 Å². The second-order valence-electron chi connectivity index (χ2n) is 7.25. The molecular formula is C23H30N4O4. The number of hydrogen-bond acceptors (Lipinski definition) is 7. The minimum atomic E-state index is -0.146. The molecule has 1 fully saturated rings. The van der Waals surface area contributed by atoms with Crippen LogP contribution in [0.3, 0.4) is 0 Å². The number of hydrogen-bond donors (Lipinski definition) is 1. The number of methoxy groups -OCH3 is 3. The molecule has 3 rings (SSSR count). The zero-order valence-corrected chi connectivity index (χ0v) is 18.3. The summed E-state index contributed by atoms with van der Waals surface area (Å²) >= 11 is 0. The van der Waals surface area contributed by atoms with Crippen LogP contribution < -0.4 is 19.6 Å². The number of piperazine rings is 1. The first-order valence-electron chi connectivity index (χ1n) is 10.2. The van der Waals surface area contributed by atoms with Crippen LogP contribution in [0, 0.1) is 0 Å². The zero-order chi connectivity index (χ0) is 22.1. The lowest BCUT2D eigenvalue weighted by Crippen LogP contribution is -2.48. The molecule has 1 amide bonds. The van der Waals surface area contributed by atoms with Gasteiger partial charge in [0.15, 0.2) is 11.5 Å². The summed E-state index contributed by atoms with van der Waals surface area (Å²) in [5.74, 6) is 1.39. The Morgan fingerprint density at radius 2 is 1.61 bits per heavy atom. The van der Waals surface area contributed by atoms with Gasteiger partial charge in [0.1, 0.15) is 0 Å². The summed E-state index contributed by atoms with van der Waals surface area (Å²) in [4.78, 5) is 16.8. The number of benzene rings is 2. The number of ether oxygens (including phenoxy) is 3. The molecule has 0 radical (unpaired) electrons. The third-order valence-corrected chi connectivity index (χ3v) is 5.21. The van der Waals surface area contributed by atoms with Gasteiger partial charge in [-0.15, -0.1) is 0 Å². The van der Waals surface area contributed by atoms with E-state index in [2.05, 4.69) is 44.6 Å². The van der Waals surface area contributed by atoms with Crippen LogP contribution in [-0.2, 0) is 11.3 Å². The number of rotatable bonds is 9. The molecule has 8 heteroatoms. The highest BCUT2D eigenvalue weighted by Gasteiger charge is 2.19. The van der Waals surface area contributed by atoms with E-state index in [0.717, 1.165) is 32.7 Å². The molecule has 2 aromatic rings. The van der Waals surface area contributed by atoms with E-state index in [0.29, 0.717) is 29.4 Å². The van der Waals surface area contributed by atoms with Gasteiger partial charge < -0.3 is 14.2 Å². The molecule has 1 saturated heterocycles. The molecule has 0 atom stereocenters. The predicted molar refractivity (Wildman–Crippen MR) is 120 cm³/mol.